The number of carbonyl (C=O) groups excluding carboxylic acids is 1. The normalized spacial score (nSPS) is 11.7. The highest BCUT2D eigenvalue weighted by atomic mass is 32.2. The fourth-order valence-electron chi connectivity index (χ4n) is 1.66. The Morgan fingerprint density at radius 2 is 2.15 bits per heavy atom. The maximum absolute atomic E-state index is 11.6. The topological polar surface area (TPSA) is 73.1 Å². The minimum atomic E-state index is -0.451. The molecule has 2 N–H and O–H groups in total. The van der Waals surface area contributed by atoms with Gasteiger partial charge in [-0.3, -0.25) is 4.79 Å². The summed E-state index contributed by atoms with van der Waals surface area (Å²) in [7, 11) is 0. The monoisotopic (exact) mass is 292 g/mol. The molecule has 1 aromatic rings. The molecule has 0 aliphatic carbocycles. The lowest BCUT2D eigenvalue weighted by molar-refractivity contribution is -0.119. The summed E-state index contributed by atoms with van der Waals surface area (Å²) in [5.74, 6) is 1.05. The Hall–Kier alpha value is -1.51. The lowest BCUT2D eigenvalue weighted by Gasteiger charge is -2.10. The molecule has 0 radical (unpaired) electrons. The summed E-state index contributed by atoms with van der Waals surface area (Å²) in [6.07, 6.45) is 1.16. The van der Waals surface area contributed by atoms with E-state index in [1.807, 2.05) is 19.1 Å². The SMILES string of the molecule is CCCC(O)CNC(=O)CSCc1ccc(C#N)cc1. The summed E-state index contributed by atoms with van der Waals surface area (Å²) in [4.78, 5) is 11.6. The van der Waals surface area contributed by atoms with Crippen molar-refractivity contribution in [1.82, 2.24) is 5.32 Å². The number of aliphatic hydroxyl groups excluding tert-OH is 1. The van der Waals surface area contributed by atoms with Crippen molar-refractivity contribution in [2.24, 2.45) is 0 Å². The Bertz CT molecular complexity index is 454. The van der Waals surface area contributed by atoms with Crippen LogP contribution in [0, 0.1) is 11.3 Å². The summed E-state index contributed by atoms with van der Waals surface area (Å²) in [5, 5.41) is 20.9. The van der Waals surface area contributed by atoms with Gasteiger partial charge in [0.15, 0.2) is 0 Å². The number of benzene rings is 1. The molecule has 1 amide bonds. The van der Waals surface area contributed by atoms with Gasteiger partial charge in [0.25, 0.3) is 0 Å². The molecule has 0 aliphatic rings. The molecule has 0 saturated heterocycles. The number of nitriles is 1. The van der Waals surface area contributed by atoms with Gasteiger partial charge in [0.2, 0.25) is 5.91 Å². The quantitative estimate of drug-likeness (QED) is 0.769. The van der Waals surface area contributed by atoms with E-state index in [1.54, 1.807) is 12.1 Å². The fraction of sp³-hybridized carbons (Fsp3) is 0.467. The van der Waals surface area contributed by atoms with Crippen molar-refractivity contribution in [1.29, 1.82) is 5.26 Å². The molecular formula is C15H20N2O2S. The smallest absolute Gasteiger partial charge is 0.230 e. The summed E-state index contributed by atoms with van der Waals surface area (Å²) in [6, 6.07) is 9.42. The van der Waals surface area contributed by atoms with Gasteiger partial charge in [-0.05, 0) is 24.1 Å². The van der Waals surface area contributed by atoms with E-state index in [9.17, 15) is 9.90 Å². The number of hydrogen-bond acceptors (Lipinski definition) is 4. The van der Waals surface area contributed by atoms with Crippen molar-refractivity contribution in [3.05, 3.63) is 35.4 Å². The number of nitrogens with one attached hydrogen (secondary N) is 1. The predicted octanol–water partition coefficient (Wildman–Crippen LogP) is 2.07. The zero-order valence-corrected chi connectivity index (χ0v) is 12.4. The summed E-state index contributed by atoms with van der Waals surface area (Å²) < 4.78 is 0. The fourth-order valence-corrected chi connectivity index (χ4v) is 2.47. The van der Waals surface area contributed by atoms with Crippen LogP contribution in [0.3, 0.4) is 0 Å². The molecule has 0 heterocycles. The van der Waals surface area contributed by atoms with Crippen molar-refractivity contribution in [3.63, 3.8) is 0 Å². The van der Waals surface area contributed by atoms with Crippen LogP contribution in [0.15, 0.2) is 24.3 Å². The number of hydrogen-bond donors (Lipinski definition) is 2. The Kier molecular flexibility index (Phi) is 7.78. The van der Waals surface area contributed by atoms with Crippen molar-refractivity contribution in [2.45, 2.75) is 31.6 Å². The molecule has 0 aromatic heterocycles. The lowest BCUT2D eigenvalue weighted by atomic mass is 10.2. The van der Waals surface area contributed by atoms with E-state index in [0.717, 1.165) is 17.7 Å². The molecule has 1 atom stereocenters. The first-order chi connectivity index (χ1) is 9.65. The number of nitrogens with zero attached hydrogens (tertiary/aromatic N) is 1. The maximum atomic E-state index is 11.6. The third kappa shape index (κ3) is 6.60. The molecule has 0 spiro atoms. The Morgan fingerprint density at radius 1 is 1.45 bits per heavy atom. The van der Waals surface area contributed by atoms with Crippen molar-refractivity contribution in [3.8, 4) is 6.07 Å². The zero-order valence-electron chi connectivity index (χ0n) is 11.6. The first-order valence-electron chi connectivity index (χ1n) is 6.67. The molecule has 1 aromatic carbocycles. The highest BCUT2D eigenvalue weighted by Gasteiger charge is 2.06. The minimum Gasteiger partial charge on any atom is -0.391 e. The minimum absolute atomic E-state index is 0.0567. The number of rotatable bonds is 8. The van der Waals surface area contributed by atoms with Crippen molar-refractivity contribution >= 4 is 17.7 Å². The molecule has 0 saturated carbocycles. The van der Waals surface area contributed by atoms with Gasteiger partial charge in [-0.2, -0.15) is 5.26 Å². The highest BCUT2D eigenvalue weighted by molar-refractivity contribution is 7.99. The second-order valence-electron chi connectivity index (χ2n) is 4.55. The van der Waals surface area contributed by atoms with Crippen molar-refractivity contribution in [2.75, 3.05) is 12.3 Å². The molecule has 0 aliphatic heterocycles. The summed E-state index contributed by atoms with van der Waals surface area (Å²) in [6.45, 7) is 2.32. The first kappa shape index (κ1) is 16.5. The number of amides is 1. The Morgan fingerprint density at radius 3 is 2.75 bits per heavy atom. The van der Waals surface area contributed by atoms with Gasteiger partial charge in [-0.25, -0.2) is 0 Å². The van der Waals surface area contributed by atoms with E-state index in [0.29, 0.717) is 24.3 Å². The molecule has 108 valence electrons. The molecule has 0 fully saturated rings. The number of aliphatic hydroxyl groups is 1. The van der Waals surface area contributed by atoms with Crippen molar-refractivity contribution < 1.29 is 9.90 Å². The maximum Gasteiger partial charge on any atom is 0.230 e. The van der Waals surface area contributed by atoms with Crippen LogP contribution in [0.5, 0.6) is 0 Å². The van der Waals surface area contributed by atoms with Crippen LogP contribution in [0.1, 0.15) is 30.9 Å². The van der Waals surface area contributed by atoms with Gasteiger partial charge in [-0.1, -0.05) is 25.5 Å². The average Bonchev–Trinajstić information content (AvgIpc) is 2.46. The molecule has 4 nitrogen and oxygen atoms in total. The van der Waals surface area contributed by atoms with Gasteiger partial charge in [0, 0.05) is 12.3 Å². The van der Waals surface area contributed by atoms with E-state index in [2.05, 4.69) is 11.4 Å². The Balaban J connectivity index is 2.19. The molecule has 20 heavy (non-hydrogen) atoms. The zero-order chi connectivity index (χ0) is 14.8. The van der Waals surface area contributed by atoms with Crippen LogP contribution in [0.2, 0.25) is 0 Å². The van der Waals surface area contributed by atoms with Gasteiger partial charge >= 0.3 is 0 Å². The molecule has 1 unspecified atom stereocenters. The van der Waals surface area contributed by atoms with Gasteiger partial charge in [-0.15, -0.1) is 11.8 Å². The van der Waals surface area contributed by atoms with Crippen LogP contribution in [0.4, 0.5) is 0 Å². The first-order valence-corrected chi connectivity index (χ1v) is 7.82. The number of thioether (sulfide) groups is 1. The van der Waals surface area contributed by atoms with Gasteiger partial charge < -0.3 is 10.4 Å². The van der Waals surface area contributed by atoms with E-state index < -0.39 is 6.10 Å². The highest BCUT2D eigenvalue weighted by Crippen LogP contribution is 2.12. The third-order valence-electron chi connectivity index (χ3n) is 2.74. The van der Waals surface area contributed by atoms with Crippen LogP contribution in [0.25, 0.3) is 0 Å². The molecule has 1 rings (SSSR count). The molecule has 0 bridgehead atoms. The Labute approximate surface area is 124 Å². The average molecular weight is 292 g/mol. The van der Waals surface area contributed by atoms with E-state index in [1.165, 1.54) is 11.8 Å². The summed E-state index contributed by atoms with van der Waals surface area (Å²) >= 11 is 1.52. The second kappa shape index (κ2) is 9.40. The van der Waals surface area contributed by atoms with E-state index >= 15 is 0 Å². The van der Waals surface area contributed by atoms with Crippen LogP contribution < -0.4 is 5.32 Å². The second-order valence-corrected chi connectivity index (χ2v) is 5.53. The van der Waals surface area contributed by atoms with E-state index in [4.69, 9.17) is 5.26 Å². The standard InChI is InChI=1S/C15H20N2O2S/c1-2-3-14(18)9-17-15(19)11-20-10-13-6-4-12(8-16)5-7-13/h4-7,14,18H,2-3,9-11H2,1H3,(H,17,19). The van der Waals surface area contributed by atoms with Gasteiger partial charge in [0.05, 0.1) is 23.5 Å². The number of carbonyl (C=O) groups is 1. The van der Waals surface area contributed by atoms with E-state index in [-0.39, 0.29) is 5.91 Å². The third-order valence-corrected chi connectivity index (χ3v) is 3.75. The summed E-state index contributed by atoms with van der Waals surface area (Å²) in [5.41, 5.74) is 1.73. The van der Waals surface area contributed by atoms with Crippen LogP contribution >= 0.6 is 11.8 Å². The van der Waals surface area contributed by atoms with Crippen LogP contribution in [-0.2, 0) is 10.5 Å². The van der Waals surface area contributed by atoms with Gasteiger partial charge in [0.1, 0.15) is 0 Å². The molecule has 5 heteroatoms. The van der Waals surface area contributed by atoms with Crippen LogP contribution in [-0.4, -0.2) is 29.4 Å². The predicted molar refractivity (Wildman–Crippen MR) is 81.2 cm³/mol. The molecular weight excluding hydrogens is 272 g/mol. The largest absolute Gasteiger partial charge is 0.391 e. The lowest BCUT2D eigenvalue weighted by Crippen LogP contribution is -2.33.